The van der Waals surface area contributed by atoms with Gasteiger partial charge in [0, 0.05) is 12.2 Å². The van der Waals surface area contributed by atoms with Crippen molar-refractivity contribution in [3.63, 3.8) is 0 Å². The molecule has 2 N–H and O–H groups in total. The van der Waals surface area contributed by atoms with E-state index in [0.29, 0.717) is 6.04 Å². The topological polar surface area (TPSA) is 62.5 Å². The van der Waals surface area contributed by atoms with Gasteiger partial charge in [-0.15, -0.1) is 0 Å². The highest BCUT2D eigenvalue weighted by Gasteiger charge is 2.22. The van der Waals surface area contributed by atoms with Crippen molar-refractivity contribution in [2.75, 3.05) is 5.32 Å². The van der Waals surface area contributed by atoms with Crippen molar-refractivity contribution in [3.05, 3.63) is 59.9 Å². The largest absolute Gasteiger partial charge is 0.393 e. The van der Waals surface area contributed by atoms with E-state index in [-0.39, 0.29) is 6.10 Å². The Hall–Kier alpha value is -2.40. The Balaban J connectivity index is 1.57. The molecule has 2 aromatic heterocycles. The van der Waals surface area contributed by atoms with Crippen molar-refractivity contribution < 1.29 is 5.11 Å². The predicted molar refractivity (Wildman–Crippen MR) is 98.7 cm³/mol. The first-order chi connectivity index (χ1) is 12.3. The number of nitrogens with zero attached hydrogens (tertiary/aromatic N) is 3. The summed E-state index contributed by atoms with van der Waals surface area (Å²) in [6, 6.07) is 14.8. The second-order valence-corrected chi connectivity index (χ2v) is 6.84. The molecule has 0 radical (unpaired) electrons. The van der Waals surface area contributed by atoms with Crippen LogP contribution in [0.2, 0.25) is 0 Å². The Labute approximate surface area is 147 Å². The van der Waals surface area contributed by atoms with Gasteiger partial charge in [0.1, 0.15) is 0 Å². The van der Waals surface area contributed by atoms with Crippen molar-refractivity contribution in [1.29, 1.82) is 0 Å². The maximum atomic E-state index is 9.71. The number of nitrogens with one attached hydrogen (secondary N) is 1. The molecule has 1 fully saturated rings. The Bertz CT molecular complexity index is 822. The van der Waals surface area contributed by atoms with Crippen LogP contribution in [-0.2, 0) is 12.8 Å². The molecular formula is C20H24N4O. The quantitative estimate of drug-likeness (QED) is 0.751. The zero-order valence-electron chi connectivity index (χ0n) is 14.3. The van der Waals surface area contributed by atoms with Crippen molar-refractivity contribution in [3.8, 4) is 0 Å². The molecule has 0 unspecified atom stereocenters. The molecule has 0 aliphatic heterocycles. The molecule has 0 saturated heterocycles. The number of aliphatic hydroxyl groups is 1. The van der Waals surface area contributed by atoms with Gasteiger partial charge in [-0.05, 0) is 56.2 Å². The lowest BCUT2D eigenvalue weighted by molar-refractivity contribution is 0.126. The molecule has 0 spiro atoms. The van der Waals surface area contributed by atoms with Crippen molar-refractivity contribution >= 4 is 11.5 Å². The van der Waals surface area contributed by atoms with Gasteiger partial charge >= 0.3 is 0 Å². The maximum absolute atomic E-state index is 9.71. The van der Waals surface area contributed by atoms with Crippen LogP contribution in [0.1, 0.15) is 36.9 Å². The summed E-state index contributed by atoms with van der Waals surface area (Å²) in [4.78, 5) is 4.76. The molecule has 5 heteroatoms. The van der Waals surface area contributed by atoms with Gasteiger partial charge in [0.25, 0.3) is 0 Å². The molecule has 5 nitrogen and oxygen atoms in total. The molecule has 25 heavy (non-hydrogen) atoms. The van der Waals surface area contributed by atoms with Crippen LogP contribution in [0.4, 0.5) is 5.82 Å². The fourth-order valence-electron chi connectivity index (χ4n) is 3.60. The number of benzene rings is 1. The number of anilines is 1. The number of hydrogen-bond donors (Lipinski definition) is 2. The number of aromatic nitrogens is 3. The van der Waals surface area contributed by atoms with Gasteiger partial charge in [-0.3, -0.25) is 0 Å². The minimum Gasteiger partial charge on any atom is -0.393 e. The number of rotatable bonds is 5. The van der Waals surface area contributed by atoms with Crippen LogP contribution in [-0.4, -0.2) is 31.9 Å². The van der Waals surface area contributed by atoms with Gasteiger partial charge in [-0.25, -0.2) is 9.50 Å². The molecule has 1 saturated carbocycles. The van der Waals surface area contributed by atoms with Gasteiger partial charge in [-0.2, -0.15) is 5.10 Å². The highest BCUT2D eigenvalue weighted by atomic mass is 16.3. The molecule has 130 valence electrons. The highest BCUT2D eigenvalue weighted by molar-refractivity contribution is 5.54. The van der Waals surface area contributed by atoms with Gasteiger partial charge in [0.15, 0.2) is 11.5 Å². The van der Waals surface area contributed by atoms with Crippen molar-refractivity contribution in [2.45, 2.75) is 50.7 Å². The minimum atomic E-state index is -0.140. The molecule has 4 rings (SSSR count). The summed E-state index contributed by atoms with van der Waals surface area (Å²) in [5.74, 6) is 0.941. The fraction of sp³-hybridized carbons (Fsp3) is 0.400. The lowest BCUT2D eigenvalue weighted by atomic mass is 9.93. The van der Waals surface area contributed by atoms with Gasteiger partial charge in [0.2, 0.25) is 0 Å². The summed E-state index contributed by atoms with van der Waals surface area (Å²) in [7, 11) is 0. The summed E-state index contributed by atoms with van der Waals surface area (Å²) in [6.45, 7) is 0. The van der Waals surface area contributed by atoms with Crippen molar-refractivity contribution in [2.24, 2.45) is 0 Å². The van der Waals surface area contributed by atoms with E-state index >= 15 is 0 Å². The minimum absolute atomic E-state index is 0.140. The van der Waals surface area contributed by atoms with E-state index < -0.39 is 0 Å². The van der Waals surface area contributed by atoms with E-state index in [1.54, 1.807) is 6.20 Å². The summed E-state index contributed by atoms with van der Waals surface area (Å²) in [5.41, 5.74) is 3.33. The Morgan fingerprint density at radius 3 is 2.60 bits per heavy atom. The molecule has 3 aromatic rings. The van der Waals surface area contributed by atoms with E-state index in [2.05, 4.69) is 34.7 Å². The van der Waals surface area contributed by atoms with Crippen LogP contribution in [0.5, 0.6) is 0 Å². The van der Waals surface area contributed by atoms with Crippen LogP contribution in [0.15, 0.2) is 48.7 Å². The molecule has 0 atom stereocenters. The second kappa shape index (κ2) is 7.23. The van der Waals surface area contributed by atoms with Crippen LogP contribution >= 0.6 is 0 Å². The first-order valence-electron chi connectivity index (χ1n) is 9.11. The van der Waals surface area contributed by atoms with Crippen molar-refractivity contribution in [1.82, 2.24) is 14.6 Å². The number of aryl methyl sites for hydroxylation is 2. The molecule has 2 heterocycles. The van der Waals surface area contributed by atoms with E-state index in [1.165, 1.54) is 5.56 Å². The number of imidazole rings is 1. The summed E-state index contributed by atoms with van der Waals surface area (Å²) >= 11 is 0. The van der Waals surface area contributed by atoms with Crippen LogP contribution in [0.25, 0.3) is 5.65 Å². The monoisotopic (exact) mass is 336 g/mol. The third-order valence-electron chi connectivity index (χ3n) is 5.02. The van der Waals surface area contributed by atoms with E-state index in [4.69, 9.17) is 4.98 Å². The van der Waals surface area contributed by atoms with E-state index in [9.17, 15) is 5.11 Å². The number of aliphatic hydroxyl groups excluding tert-OH is 1. The first kappa shape index (κ1) is 16.1. The van der Waals surface area contributed by atoms with Gasteiger partial charge < -0.3 is 10.4 Å². The third kappa shape index (κ3) is 3.66. The lowest BCUT2D eigenvalue weighted by Gasteiger charge is -2.26. The van der Waals surface area contributed by atoms with Crippen LogP contribution in [0, 0.1) is 0 Å². The zero-order chi connectivity index (χ0) is 17.1. The summed E-state index contributed by atoms with van der Waals surface area (Å²) in [6.07, 6.45) is 7.22. The maximum Gasteiger partial charge on any atom is 0.156 e. The standard InChI is InChI=1S/C20H24N4O/c25-17-11-9-16(10-12-17)22-20-18(13-8-15-5-2-1-3-6-15)24-19(23-20)7-4-14-21-24/h1-7,14,16-17,22,25H,8-13H2. The van der Waals surface area contributed by atoms with Gasteiger partial charge in [-0.1, -0.05) is 30.3 Å². The smallest absolute Gasteiger partial charge is 0.156 e. The predicted octanol–water partition coefficient (Wildman–Crippen LogP) is 3.23. The van der Waals surface area contributed by atoms with E-state index in [0.717, 1.165) is 55.7 Å². The fourth-order valence-corrected chi connectivity index (χ4v) is 3.60. The number of hydrogen-bond acceptors (Lipinski definition) is 4. The summed E-state index contributed by atoms with van der Waals surface area (Å²) < 4.78 is 1.95. The average Bonchev–Trinajstić information content (AvgIpc) is 3.00. The Kier molecular flexibility index (Phi) is 4.65. The zero-order valence-corrected chi connectivity index (χ0v) is 14.3. The van der Waals surface area contributed by atoms with Crippen LogP contribution in [0.3, 0.4) is 0 Å². The van der Waals surface area contributed by atoms with Crippen LogP contribution < -0.4 is 5.32 Å². The lowest BCUT2D eigenvalue weighted by Crippen LogP contribution is -2.28. The molecule has 1 aromatic carbocycles. The first-order valence-corrected chi connectivity index (χ1v) is 9.11. The normalized spacial score (nSPS) is 20.7. The molecule has 1 aliphatic rings. The number of fused-ring (bicyclic) bond motifs is 1. The SMILES string of the molecule is OC1CCC(Nc2nc3cccnn3c2CCc2ccccc2)CC1. The molecule has 0 bridgehead atoms. The Morgan fingerprint density at radius 2 is 1.80 bits per heavy atom. The average molecular weight is 336 g/mol. The molecule has 1 aliphatic carbocycles. The Morgan fingerprint density at radius 1 is 1.00 bits per heavy atom. The van der Waals surface area contributed by atoms with Gasteiger partial charge in [0.05, 0.1) is 11.8 Å². The molecule has 0 amide bonds. The van der Waals surface area contributed by atoms with E-state index in [1.807, 2.05) is 22.7 Å². The third-order valence-corrected chi connectivity index (χ3v) is 5.02. The second-order valence-electron chi connectivity index (χ2n) is 6.84. The molecular weight excluding hydrogens is 312 g/mol. The summed E-state index contributed by atoms with van der Waals surface area (Å²) in [5, 5.41) is 17.8. The highest BCUT2D eigenvalue weighted by Crippen LogP contribution is 2.25.